The monoisotopic (exact) mass is 341 g/mol. The molecule has 0 aliphatic carbocycles. The van der Waals surface area contributed by atoms with E-state index in [1.165, 1.54) is 30.0 Å². The Morgan fingerprint density at radius 3 is 2.12 bits per heavy atom. The number of primary amides is 2. The fourth-order valence-corrected chi connectivity index (χ4v) is 3.40. The molecule has 0 aromatic rings. The van der Waals surface area contributed by atoms with Crippen molar-refractivity contribution >= 4 is 24.1 Å². The van der Waals surface area contributed by atoms with Crippen LogP contribution in [0.2, 0.25) is 0 Å². The standard InChI is InChI=1S/C14H23N5O5/c1-7(20)9(11(15)22)18-4-14(3-17-6-18)5-19(13(14)24)10(8(2)21)12(16)23/h6-10,20-21H,3-5H2,1-2H3,(H2,15,22)(H2,16,23)/t7-,8+,9?,10-,14?/m0/s1. The molecule has 1 saturated heterocycles. The van der Waals surface area contributed by atoms with E-state index in [-0.39, 0.29) is 25.5 Å². The van der Waals surface area contributed by atoms with Crippen LogP contribution in [-0.2, 0) is 14.4 Å². The Labute approximate surface area is 139 Å². The number of hydrogen-bond donors (Lipinski definition) is 4. The topological polar surface area (TPSA) is 163 Å². The summed E-state index contributed by atoms with van der Waals surface area (Å²) in [5, 5.41) is 19.4. The van der Waals surface area contributed by atoms with Crippen LogP contribution < -0.4 is 11.5 Å². The lowest BCUT2D eigenvalue weighted by Crippen LogP contribution is -2.74. The number of β-lactam (4-membered cyclic amide) rings is 1. The first-order valence-corrected chi connectivity index (χ1v) is 7.62. The number of likely N-dealkylation sites (tertiary alicyclic amines) is 1. The highest BCUT2D eigenvalue weighted by atomic mass is 16.3. The van der Waals surface area contributed by atoms with Crippen LogP contribution in [0.15, 0.2) is 4.99 Å². The number of nitrogens with zero attached hydrogens (tertiary/aromatic N) is 3. The molecule has 2 heterocycles. The Balaban J connectivity index is 2.17. The zero-order valence-electron chi connectivity index (χ0n) is 13.6. The number of carbonyl (C=O) groups excluding carboxylic acids is 3. The average Bonchev–Trinajstić information content (AvgIpc) is 2.45. The van der Waals surface area contributed by atoms with E-state index in [1.807, 2.05) is 0 Å². The van der Waals surface area contributed by atoms with Crippen molar-refractivity contribution in [2.24, 2.45) is 21.9 Å². The van der Waals surface area contributed by atoms with Gasteiger partial charge in [-0.15, -0.1) is 0 Å². The van der Waals surface area contributed by atoms with Crippen LogP contribution in [0.25, 0.3) is 0 Å². The van der Waals surface area contributed by atoms with Gasteiger partial charge in [-0.3, -0.25) is 19.4 Å². The summed E-state index contributed by atoms with van der Waals surface area (Å²) in [6, 6.07) is -2.11. The van der Waals surface area contributed by atoms with Gasteiger partial charge in [0.05, 0.1) is 25.1 Å². The lowest BCUT2D eigenvalue weighted by molar-refractivity contribution is -0.173. The minimum Gasteiger partial charge on any atom is -0.391 e. The zero-order valence-corrected chi connectivity index (χ0v) is 13.6. The number of carbonyl (C=O) groups is 3. The number of hydrogen-bond acceptors (Lipinski definition) is 7. The van der Waals surface area contributed by atoms with Gasteiger partial charge in [0.1, 0.15) is 17.5 Å². The predicted molar refractivity (Wildman–Crippen MR) is 83.5 cm³/mol. The van der Waals surface area contributed by atoms with Crippen molar-refractivity contribution in [3.63, 3.8) is 0 Å². The highest BCUT2D eigenvalue weighted by Crippen LogP contribution is 2.37. The zero-order chi connectivity index (χ0) is 18.2. The molecule has 3 amide bonds. The van der Waals surface area contributed by atoms with E-state index in [9.17, 15) is 24.6 Å². The molecule has 2 aliphatic heterocycles. The SMILES string of the molecule is C[C@H](O)C(C(N)=O)N1C=NCC2(C1)CN([C@H](C(N)=O)[C@@H](C)O)C2=O. The third-order valence-electron chi connectivity index (χ3n) is 4.49. The summed E-state index contributed by atoms with van der Waals surface area (Å²) in [5.74, 6) is -1.89. The normalized spacial score (nSPS) is 28.2. The fraction of sp³-hybridized carbons (Fsp3) is 0.714. The molecule has 2 unspecified atom stereocenters. The maximum Gasteiger partial charge on any atom is 0.242 e. The first kappa shape index (κ1) is 18.1. The summed E-state index contributed by atoms with van der Waals surface area (Å²) in [5.41, 5.74) is 9.65. The molecule has 0 radical (unpaired) electrons. The smallest absolute Gasteiger partial charge is 0.242 e. The van der Waals surface area contributed by atoms with Gasteiger partial charge >= 0.3 is 0 Å². The second kappa shape index (κ2) is 6.36. The van der Waals surface area contributed by atoms with E-state index >= 15 is 0 Å². The molecule has 2 rings (SSSR count). The van der Waals surface area contributed by atoms with Gasteiger partial charge in [0, 0.05) is 13.1 Å². The number of aliphatic imine (C=N–C) groups is 1. The van der Waals surface area contributed by atoms with E-state index in [2.05, 4.69) is 4.99 Å². The van der Waals surface area contributed by atoms with E-state index < -0.39 is 41.5 Å². The highest BCUT2D eigenvalue weighted by molar-refractivity contribution is 5.95. The van der Waals surface area contributed by atoms with Gasteiger partial charge in [-0.2, -0.15) is 0 Å². The van der Waals surface area contributed by atoms with Crippen molar-refractivity contribution in [3.05, 3.63) is 0 Å². The molecule has 5 atom stereocenters. The van der Waals surface area contributed by atoms with Crippen LogP contribution in [0, 0.1) is 5.41 Å². The minimum atomic E-state index is -1.11. The number of aliphatic hydroxyl groups is 2. The molecular weight excluding hydrogens is 318 g/mol. The number of rotatable bonds is 6. The lowest BCUT2D eigenvalue weighted by Gasteiger charge is -2.54. The third kappa shape index (κ3) is 2.94. The molecule has 10 nitrogen and oxygen atoms in total. The van der Waals surface area contributed by atoms with E-state index in [0.717, 1.165) is 0 Å². The van der Waals surface area contributed by atoms with Crippen molar-refractivity contribution in [2.75, 3.05) is 19.6 Å². The summed E-state index contributed by atoms with van der Waals surface area (Å²) >= 11 is 0. The second-order valence-electron chi connectivity index (χ2n) is 6.52. The van der Waals surface area contributed by atoms with Crippen molar-refractivity contribution in [2.45, 2.75) is 38.1 Å². The van der Waals surface area contributed by atoms with Gasteiger partial charge in [-0.25, -0.2) is 0 Å². The fourth-order valence-electron chi connectivity index (χ4n) is 3.40. The first-order chi connectivity index (χ1) is 11.1. The van der Waals surface area contributed by atoms with Crippen LogP contribution in [-0.4, -0.2) is 88.0 Å². The molecule has 10 heteroatoms. The second-order valence-corrected chi connectivity index (χ2v) is 6.52. The summed E-state index contributed by atoms with van der Waals surface area (Å²) in [7, 11) is 0. The molecule has 1 spiro atoms. The summed E-state index contributed by atoms with van der Waals surface area (Å²) in [6.45, 7) is 3.31. The Morgan fingerprint density at radius 2 is 1.71 bits per heavy atom. The van der Waals surface area contributed by atoms with Crippen LogP contribution >= 0.6 is 0 Å². The van der Waals surface area contributed by atoms with Crippen LogP contribution in [0.1, 0.15) is 13.8 Å². The molecule has 6 N–H and O–H groups in total. The largest absolute Gasteiger partial charge is 0.391 e. The lowest BCUT2D eigenvalue weighted by atomic mass is 9.75. The van der Waals surface area contributed by atoms with Gasteiger partial charge in [0.2, 0.25) is 17.7 Å². The maximum absolute atomic E-state index is 12.6. The number of aliphatic hydroxyl groups excluding tert-OH is 2. The molecule has 0 bridgehead atoms. The van der Waals surface area contributed by atoms with Gasteiger partial charge in [-0.1, -0.05) is 0 Å². The Kier molecular flexibility index (Phi) is 4.81. The highest BCUT2D eigenvalue weighted by Gasteiger charge is 2.58. The molecule has 24 heavy (non-hydrogen) atoms. The van der Waals surface area contributed by atoms with Crippen LogP contribution in [0.5, 0.6) is 0 Å². The van der Waals surface area contributed by atoms with Crippen molar-refractivity contribution in [1.29, 1.82) is 0 Å². The predicted octanol–water partition coefficient (Wildman–Crippen LogP) is -3.37. The van der Waals surface area contributed by atoms with Crippen molar-refractivity contribution < 1.29 is 24.6 Å². The molecule has 1 fully saturated rings. The van der Waals surface area contributed by atoms with Gasteiger partial charge in [0.25, 0.3) is 0 Å². The average molecular weight is 341 g/mol. The van der Waals surface area contributed by atoms with Crippen LogP contribution in [0.3, 0.4) is 0 Å². The Bertz CT molecular complexity index is 578. The molecule has 0 aromatic carbocycles. The minimum absolute atomic E-state index is 0.135. The molecule has 0 saturated carbocycles. The van der Waals surface area contributed by atoms with Crippen LogP contribution in [0.4, 0.5) is 0 Å². The van der Waals surface area contributed by atoms with E-state index in [4.69, 9.17) is 11.5 Å². The maximum atomic E-state index is 12.6. The van der Waals surface area contributed by atoms with Gasteiger partial charge in [-0.05, 0) is 13.8 Å². The van der Waals surface area contributed by atoms with Crippen molar-refractivity contribution in [3.8, 4) is 0 Å². The molecule has 2 aliphatic rings. The Hall–Kier alpha value is -2.20. The summed E-state index contributed by atoms with van der Waals surface area (Å²) < 4.78 is 0. The van der Waals surface area contributed by atoms with Crippen molar-refractivity contribution in [1.82, 2.24) is 9.80 Å². The van der Waals surface area contributed by atoms with E-state index in [0.29, 0.717) is 0 Å². The third-order valence-corrected chi connectivity index (χ3v) is 4.49. The molecule has 134 valence electrons. The molecule has 0 aromatic heterocycles. The molecular formula is C14H23N5O5. The summed E-state index contributed by atoms with van der Waals surface area (Å²) in [4.78, 5) is 42.4. The first-order valence-electron chi connectivity index (χ1n) is 7.62. The quantitative estimate of drug-likeness (QED) is 0.368. The number of amides is 3. The van der Waals surface area contributed by atoms with Gasteiger partial charge < -0.3 is 31.5 Å². The van der Waals surface area contributed by atoms with Gasteiger partial charge in [0.15, 0.2) is 0 Å². The van der Waals surface area contributed by atoms with E-state index in [1.54, 1.807) is 0 Å². The Morgan fingerprint density at radius 1 is 1.17 bits per heavy atom. The summed E-state index contributed by atoms with van der Waals surface area (Å²) in [6.07, 6.45) is -0.738. The number of nitrogens with two attached hydrogens (primary N) is 2.